The molecular weight excluding hydrogens is 384 g/mol. The van der Waals surface area contributed by atoms with Crippen molar-refractivity contribution in [1.29, 1.82) is 0 Å². The van der Waals surface area contributed by atoms with Crippen LogP contribution < -0.4 is 10.1 Å². The molecule has 0 radical (unpaired) electrons. The second-order valence-corrected chi connectivity index (χ2v) is 7.71. The summed E-state index contributed by atoms with van der Waals surface area (Å²) in [7, 11) is 1.60. The number of amides is 2. The van der Waals surface area contributed by atoms with Gasteiger partial charge in [0.15, 0.2) is 0 Å². The lowest BCUT2D eigenvalue weighted by molar-refractivity contribution is -0.137. The van der Waals surface area contributed by atoms with Crippen LogP contribution in [-0.4, -0.2) is 23.8 Å². The number of carbonyl (C=O) groups excluding carboxylic acids is 2. The highest BCUT2D eigenvalue weighted by molar-refractivity contribution is 7.11. The predicted octanol–water partition coefficient (Wildman–Crippen LogP) is 4.46. The number of carbonyl (C=O) groups is 2. The largest absolute Gasteiger partial charge is 0.497 e. The smallest absolute Gasteiger partial charge is 0.278 e. The van der Waals surface area contributed by atoms with Crippen LogP contribution in [0, 0.1) is 6.92 Å². The highest BCUT2D eigenvalue weighted by Gasteiger charge is 2.39. The molecule has 4 rings (SSSR count). The quantitative estimate of drug-likeness (QED) is 0.617. The number of nitrogens with one attached hydrogen (secondary N) is 1. The Morgan fingerprint density at radius 2 is 1.69 bits per heavy atom. The molecule has 2 heterocycles. The Hall–Kier alpha value is -3.38. The van der Waals surface area contributed by atoms with Crippen LogP contribution in [0.2, 0.25) is 0 Å². The summed E-state index contributed by atoms with van der Waals surface area (Å²) in [5.74, 6) is 0.113. The molecule has 6 heteroatoms. The van der Waals surface area contributed by atoms with Gasteiger partial charge in [0.1, 0.15) is 11.4 Å². The molecule has 1 aliphatic rings. The molecule has 0 atom stereocenters. The number of hydrogen-bond donors (Lipinski definition) is 1. The summed E-state index contributed by atoms with van der Waals surface area (Å²) < 4.78 is 5.18. The highest BCUT2D eigenvalue weighted by Crippen LogP contribution is 2.33. The lowest BCUT2D eigenvalue weighted by Gasteiger charge is -2.15. The number of rotatable bonds is 6. The van der Waals surface area contributed by atoms with Gasteiger partial charge < -0.3 is 10.1 Å². The summed E-state index contributed by atoms with van der Waals surface area (Å²) in [6, 6.07) is 18.8. The summed E-state index contributed by atoms with van der Waals surface area (Å²) in [6.45, 7) is 2.24. The monoisotopic (exact) mass is 404 g/mol. The first kappa shape index (κ1) is 19.0. The van der Waals surface area contributed by atoms with Crippen molar-refractivity contribution in [3.05, 3.63) is 87.7 Å². The van der Waals surface area contributed by atoms with Gasteiger partial charge in [-0.3, -0.25) is 14.5 Å². The van der Waals surface area contributed by atoms with Crippen molar-refractivity contribution in [3.63, 3.8) is 0 Å². The van der Waals surface area contributed by atoms with E-state index in [-0.39, 0.29) is 18.4 Å². The molecule has 29 heavy (non-hydrogen) atoms. The zero-order valence-electron chi connectivity index (χ0n) is 16.1. The first-order valence-corrected chi connectivity index (χ1v) is 10.1. The maximum Gasteiger partial charge on any atom is 0.278 e. The average molecular weight is 404 g/mol. The van der Waals surface area contributed by atoms with Crippen molar-refractivity contribution in [3.8, 4) is 5.75 Å². The van der Waals surface area contributed by atoms with Gasteiger partial charge in [0.25, 0.3) is 11.8 Å². The molecule has 1 aromatic heterocycles. The molecule has 0 fully saturated rings. The van der Waals surface area contributed by atoms with Crippen molar-refractivity contribution in [1.82, 2.24) is 4.90 Å². The van der Waals surface area contributed by atoms with Gasteiger partial charge in [0.2, 0.25) is 0 Å². The van der Waals surface area contributed by atoms with Gasteiger partial charge in [-0.25, -0.2) is 0 Å². The molecule has 0 saturated heterocycles. The van der Waals surface area contributed by atoms with Crippen LogP contribution in [0.3, 0.4) is 0 Å². The summed E-state index contributed by atoms with van der Waals surface area (Å²) in [6.07, 6.45) is 0. The van der Waals surface area contributed by atoms with Crippen LogP contribution in [0.1, 0.15) is 16.0 Å². The molecule has 0 unspecified atom stereocenters. The van der Waals surface area contributed by atoms with Gasteiger partial charge in [0.05, 0.1) is 19.2 Å². The third-order valence-electron chi connectivity index (χ3n) is 4.76. The van der Waals surface area contributed by atoms with Gasteiger partial charge in [-0.2, -0.15) is 0 Å². The van der Waals surface area contributed by atoms with Crippen molar-refractivity contribution in [2.24, 2.45) is 0 Å². The van der Waals surface area contributed by atoms with E-state index in [1.807, 2.05) is 60.8 Å². The van der Waals surface area contributed by atoms with Gasteiger partial charge in [-0.05, 0) is 48.2 Å². The van der Waals surface area contributed by atoms with Gasteiger partial charge >= 0.3 is 0 Å². The number of aryl methyl sites for hydroxylation is 1. The third kappa shape index (κ3) is 3.79. The van der Waals surface area contributed by atoms with Crippen molar-refractivity contribution < 1.29 is 14.3 Å². The van der Waals surface area contributed by atoms with Crippen molar-refractivity contribution >= 4 is 34.4 Å². The lowest BCUT2D eigenvalue weighted by Crippen LogP contribution is -2.31. The van der Waals surface area contributed by atoms with Crippen molar-refractivity contribution in [2.75, 3.05) is 12.4 Å². The van der Waals surface area contributed by atoms with E-state index in [1.165, 1.54) is 16.2 Å². The maximum absolute atomic E-state index is 13.2. The summed E-state index contributed by atoms with van der Waals surface area (Å²) in [5.41, 5.74) is 3.47. The van der Waals surface area contributed by atoms with Crippen LogP contribution >= 0.6 is 11.3 Å². The topological polar surface area (TPSA) is 58.6 Å². The summed E-state index contributed by atoms with van der Waals surface area (Å²) >= 11 is 1.44. The van der Waals surface area contributed by atoms with Gasteiger partial charge in [-0.1, -0.05) is 35.9 Å². The molecule has 0 bridgehead atoms. The number of imide groups is 1. The van der Waals surface area contributed by atoms with Gasteiger partial charge in [-0.15, -0.1) is 11.3 Å². The summed E-state index contributed by atoms with van der Waals surface area (Å²) in [5, 5.41) is 5.05. The van der Waals surface area contributed by atoms with E-state index in [1.54, 1.807) is 19.2 Å². The molecule has 0 aliphatic carbocycles. The number of methoxy groups -OCH3 is 1. The second-order valence-electron chi connectivity index (χ2n) is 6.76. The Kier molecular flexibility index (Phi) is 5.18. The minimum absolute atomic E-state index is 0.237. The molecule has 2 amide bonds. The Balaban J connectivity index is 1.67. The second kappa shape index (κ2) is 7.93. The van der Waals surface area contributed by atoms with Crippen LogP contribution in [0.15, 0.2) is 71.7 Å². The SMILES string of the molecule is COc1ccc(NC2=C(c3cccs3)C(=O)N(Cc3ccc(C)cc3)C2=O)cc1. The number of nitrogens with zero attached hydrogens (tertiary/aromatic N) is 1. The highest BCUT2D eigenvalue weighted by atomic mass is 32.1. The van der Waals surface area contributed by atoms with E-state index >= 15 is 0 Å². The van der Waals surface area contributed by atoms with E-state index < -0.39 is 0 Å². The van der Waals surface area contributed by atoms with E-state index in [0.717, 1.165) is 21.8 Å². The number of hydrogen-bond acceptors (Lipinski definition) is 5. The minimum Gasteiger partial charge on any atom is -0.497 e. The number of thiophene rings is 1. The standard InChI is InChI=1S/C23H20N2O3S/c1-15-5-7-16(8-6-15)14-25-22(26)20(19-4-3-13-29-19)21(23(25)27)24-17-9-11-18(28-2)12-10-17/h3-13,24H,14H2,1-2H3. The van der Waals surface area contributed by atoms with E-state index in [0.29, 0.717) is 17.0 Å². The van der Waals surface area contributed by atoms with Crippen molar-refractivity contribution in [2.45, 2.75) is 13.5 Å². The molecule has 2 aromatic carbocycles. The van der Waals surface area contributed by atoms with E-state index in [9.17, 15) is 9.59 Å². The van der Waals surface area contributed by atoms with Crippen LogP contribution in [-0.2, 0) is 16.1 Å². The Morgan fingerprint density at radius 3 is 2.31 bits per heavy atom. The minimum atomic E-state index is -0.324. The van der Waals surface area contributed by atoms with Crippen LogP contribution in [0.4, 0.5) is 5.69 Å². The molecule has 1 N–H and O–H groups in total. The fourth-order valence-electron chi connectivity index (χ4n) is 3.18. The van der Waals surface area contributed by atoms with Crippen LogP contribution in [0.25, 0.3) is 5.57 Å². The Morgan fingerprint density at radius 1 is 0.966 bits per heavy atom. The Labute approximate surface area is 173 Å². The first-order chi connectivity index (χ1) is 14.1. The maximum atomic E-state index is 13.2. The number of benzene rings is 2. The third-order valence-corrected chi connectivity index (χ3v) is 5.64. The fraction of sp³-hybridized carbons (Fsp3) is 0.130. The molecular formula is C23H20N2O3S. The summed E-state index contributed by atoms with van der Waals surface area (Å²) in [4.78, 5) is 28.4. The zero-order chi connectivity index (χ0) is 20.4. The van der Waals surface area contributed by atoms with Crippen LogP contribution in [0.5, 0.6) is 5.75 Å². The normalized spacial score (nSPS) is 13.9. The number of ether oxygens (including phenoxy) is 1. The first-order valence-electron chi connectivity index (χ1n) is 9.18. The molecule has 146 valence electrons. The van der Waals surface area contributed by atoms with Gasteiger partial charge in [0, 0.05) is 10.6 Å². The molecule has 3 aromatic rings. The molecule has 0 spiro atoms. The average Bonchev–Trinajstić information content (AvgIpc) is 3.33. The fourth-order valence-corrected chi connectivity index (χ4v) is 3.95. The lowest BCUT2D eigenvalue weighted by atomic mass is 10.1. The Bertz CT molecular complexity index is 1070. The predicted molar refractivity (Wildman–Crippen MR) is 115 cm³/mol. The van der Waals surface area contributed by atoms with E-state index in [4.69, 9.17) is 4.74 Å². The zero-order valence-corrected chi connectivity index (χ0v) is 17.0. The van der Waals surface area contributed by atoms with E-state index in [2.05, 4.69) is 5.32 Å². The molecule has 5 nitrogen and oxygen atoms in total. The number of anilines is 1. The molecule has 0 saturated carbocycles. The molecule has 1 aliphatic heterocycles.